The highest BCUT2D eigenvalue weighted by molar-refractivity contribution is 5.80. The Labute approximate surface area is 130 Å². The molecular formula is C16H24FN3O2. The summed E-state index contributed by atoms with van der Waals surface area (Å²) in [6.45, 7) is 7.47. The van der Waals surface area contributed by atoms with Crippen molar-refractivity contribution < 1.29 is 13.9 Å². The van der Waals surface area contributed by atoms with Crippen molar-refractivity contribution in [1.29, 1.82) is 0 Å². The molecule has 1 aliphatic heterocycles. The molecule has 6 heteroatoms. The molecule has 0 radical (unpaired) electrons. The highest BCUT2D eigenvalue weighted by atomic mass is 19.1. The van der Waals surface area contributed by atoms with E-state index >= 15 is 0 Å². The Hall–Kier alpha value is -1.66. The summed E-state index contributed by atoms with van der Waals surface area (Å²) in [5.74, 6) is -0.186. The van der Waals surface area contributed by atoms with Crippen LogP contribution in [0.3, 0.4) is 0 Å². The minimum absolute atomic E-state index is 0.176. The lowest BCUT2D eigenvalue weighted by Gasteiger charge is -2.27. The van der Waals surface area contributed by atoms with Gasteiger partial charge in [0.1, 0.15) is 11.6 Å². The standard InChI is InChI=1S/C16H24FN3O2/c1-13(22-15-5-2-4-14(17)12-15)16(21)19-6-3-9-20-10-7-18-8-11-20/h2,4-5,12-13,18H,3,6-11H2,1H3,(H,19,21). The van der Waals surface area contributed by atoms with Crippen molar-refractivity contribution in [3.8, 4) is 5.75 Å². The number of piperazine rings is 1. The Balaban J connectivity index is 1.63. The van der Waals surface area contributed by atoms with Crippen molar-refractivity contribution in [3.05, 3.63) is 30.1 Å². The maximum atomic E-state index is 13.1. The Morgan fingerprint density at radius 3 is 2.95 bits per heavy atom. The molecule has 1 atom stereocenters. The lowest BCUT2D eigenvalue weighted by Crippen LogP contribution is -2.44. The molecular weight excluding hydrogens is 285 g/mol. The van der Waals surface area contributed by atoms with Crippen LogP contribution in [0, 0.1) is 5.82 Å². The Morgan fingerprint density at radius 1 is 1.45 bits per heavy atom. The number of ether oxygens (including phenoxy) is 1. The first kappa shape index (κ1) is 16.7. The number of benzene rings is 1. The molecule has 0 aromatic heterocycles. The van der Waals surface area contributed by atoms with Gasteiger partial charge in [0.2, 0.25) is 0 Å². The molecule has 1 heterocycles. The third-order valence-corrected chi connectivity index (χ3v) is 3.64. The number of carbonyl (C=O) groups is 1. The van der Waals surface area contributed by atoms with Crippen LogP contribution < -0.4 is 15.4 Å². The van der Waals surface area contributed by atoms with Crippen molar-refractivity contribution in [2.45, 2.75) is 19.4 Å². The van der Waals surface area contributed by atoms with Gasteiger partial charge in [0.25, 0.3) is 5.91 Å². The van der Waals surface area contributed by atoms with E-state index in [4.69, 9.17) is 4.74 Å². The number of nitrogens with one attached hydrogen (secondary N) is 2. The smallest absolute Gasteiger partial charge is 0.260 e. The van der Waals surface area contributed by atoms with Crippen LogP contribution in [0.2, 0.25) is 0 Å². The zero-order valence-electron chi connectivity index (χ0n) is 13.0. The van der Waals surface area contributed by atoms with Crippen LogP contribution in [0.15, 0.2) is 24.3 Å². The van der Waals surface area contributed by atoms with Gasteiger partial charge in [-0.25, -0.2) is 4.39 Å². The van der Waals surface area contributed by atoms with Gasteiger partial charge in [-0.3, -0.25) is 4.79 Å². The van der Waals surface area contributed by atoms with Crippen molar-refractivity contribution in [3.63, 3.8) is 0 Å². The Kier molecular flexibility index (Phi) is 6.61. The summed E-state index contributed by atoms with van der Waals surface area (Å²) in [6, 6.07) is 5.81. The van der Waals surface area contributed by atoms with Crippen LogP contribution in [0.1, 0.15) is 13.3 Å². The molecule has 2 rings (SSSR count). The van der Waals surface area contributed by atoms with Gasteiger partial charge in [-0.05, 0) is 32.0 Å². The maximum Gasteiger partial charge on any atom is 0.260 e. The van der Waals surface area contributed by atoms with E-state index in [1.165, 1.54) is 12.1 Å². The molecule has 1 unspecified atom stereocenters. The third kappa shape index (κ3) is 5.61. The molecule has 1 aliphatic rings. The van der Waals surface area contributed by atoms with E-state index < -0.39 is 6.10 Å². The Bertz CT molecular complexity index is 478. The summed E-state index contributed by atoms with van der Waals surface area (Å²) in [7, 11) is 0. The average molecular weight is 309 g/mol. The monoisotopic (exact) mass is 309 g/mol. The first-order valence-corrected chi connectivity index (χ1v) is 7.78. The molecule has 22 heavy (non-hydrogen) atoms. The minimum Gasteiger partial charge on any atom is -0.481 e. The van der Waals surface area contributed by atoms with Crippen LogP contribution in [0.5, 0.6) is 5.75 Å². The molecule has 122 valence electrons. The van der Waals surface area contributed by atoms with Gasteiger partial charge in [0, 0.05) is 38.8 Å². The highest BCUT2D eigenvalue weighted by Crippen LogP contribution is 2.13. The van der Waals surface area contributed by atoms with E-state index in [-0.39, 0.29) is 11.7 Å². The summed E-state index contributed by atoms with van der Waals surface area (Å²) in [5.41, 5.74) is 0. The van der Waals surface area contributed by atoms with E-state index in [1.807, 2.05) is 0 Å². The molecule has 0 saturated carbocycles. The van der Waals surface area contributed by atoms with Crippen LogP contribution in [-0.4, -0.2) is 56.2 Å². The molecule has 1 aromatic carbocycles. The van der Waals surface area contributed by atoms with Crippen molar-refractivity contribution in [2.24, 2.45) is 0 Å². The van der Waals surface area contributed by atoms with E-state index in [9.17, 15) is 9.18 Å². The van der Waals surface area contributed by atoms with Crippen LogP contribution in [0.4, 0.5) is 4.39 Å². The number of rotatable bonds is 7. The third-order valence-electron chi connectivity index (χ3n) is 3.64. The van der Waals surface area contributed by atoms with E-state index in [2.05, 4.69) is 15.5 Å². The van der Waals surface area contributed by atoms with Gasteiger partial charge in [0.05, 0.1) is 0 Å². The zero-order valence-corrected chi connectivity index (χ0v) is 13.0. The topological polar surface area (TPSA) is 53.6 Å². The molecule has 0 spiro atoms. The number of hydrogen-bond acceptors (Lipinski definition) is 4. The summed E-state index contributed by atoms with van der Waals surface area (Å²) in [6.07, 6.45) is 0.277. The lowest BCUT2D eigenvalue weighted by molar-refractivity contribution is -0.127. The molecule has 5 nitrogen and oxygen atoms in total. The quantitative estimate of drug-likeness (QED) is 0.738. The molecule has 1 amide bonds. The first-order chi connectivity index (χ1) is 10.6. The van der Waals surface area contributed by atoms with Crippen LogP contribution >= 0.6 is 0 Å². The number of carbonyl (C=O) groups excluding carboxylic acids is 1. The number of halogens is 1. The largest absolute Gasteiger partial charge is 0.481 e. The van der Waals surface area contributed by atoms with E-state index in [0.29, 0.717) is 12.3 Å². The van der Waals surface area contributed by atoms with E-state index in [0.717, 1.165) is 39.1 Å². The molecule has 1 aromatic rings. The highest BCUT2D eigenvalue weighted by Gasteiger charge is 2.14. The second kappa shape index (κ2) is 8.70. The summed E-state index contributed by atoms with van der Waals surface area (Å²) >= 11 is 0. The normalized spacial score (nSPS) is 17.0. The van der Waals surface area contributed by atoms with Crippen LogP contribution in [-0.2, 0) is 4.79 Å². The predicted octanol–water partition coefficient (Wildman–Crippen LogP) is 1.00. The van der Waals surface area contributed by atoms with Crippen LogP contribution in [0.25, 0.3) is 0 Å². The van der Waals surface area contributed by atoms with Gasteiger partial charge in [-0.15, -0.1) is 0 Å². The molecule has 0 aliphatic carbocycles. The number of amides is 1. The molecule has 0 bridgehead atoms. The minimum atomic E-state index is -0.638. The van der Waals surface area contributed by atoms with Crippen molar-refractivity contribution in [1.82, 2.24) is 15.5 Å². The fraction of sp³-hybridized carbons (Fsp3) is 0.562. The van der Waals surface area contributed by atoms with Gasteiger partial charge in [-0.1, -0.05) is 6.07 Å². The van der Waals surface area contributed by atoms with E-state index in [1.54, 1.807) is 19.1 Å². The first-order valence-electron chi connectivity index (χ1n) is 7.78. The second-order valence-electron chi connectivity index (χ2n) is 5.45. The fourth-order valence-electron chi connectivity index (χ4n) is 2.39. The number of nitrogens with zero attached hydrogens (tertiary/aromatic N) is 1. The summed E-state index contributed by atoms with van der Waals surface area (Å²) in [5, 5.41) is 6.17. The zero-order chi connectivity index (χ0) is 15.8. The van der Waals surface area contributed by atoms with Gasteiger partial charge < -0.3 is 20.3 Å². The summed E-state index contributed by atoms with van der Waals surface area (Å²) < 4.78 is 18.5. The number of hydrogen-bond donors (Lipinski definition) is 2. The lowest BCUT2D eigenvalue weighted by atomic mass is 10.3. The summed E-state index contributed by atoms with van der Waals surface area (Å²) in [4.78, 5) is 14.3. The average Bonchev–Trinajstić information content (AvgIpc) is 2.52. The predicted molar refractivity (Wildman–Crippen MR) is 83.4 cm³/mol. The maximum absolute atomic E-state index is 13.1. The fourth-order valence-corrected chi connectivity index (χ4v) is 2.39. The van der Waals surface area contributed by atoms with Gasteiger partial charge in [-0.2, -0.15) is 0 Å². The molecule has 2 N–H and O–H groups in total. The molecule has 1 saturated heterocycles. The van der Waals surface area contributed by atoms with Gasteiger partial charge in [0.15, 0.2) is 6.10 Å². The van der Waals surface area contributed by atoms with Crippen molar-refractivity contribution in [2.75, 3.05) is 39.3 Å². The Morgan fingerprint density at radius 2 is 2.23 bits per heavy atom. The second-order valence-corrected chi connectivity index (χ2v) is 5.45. The molecule has 1 fully saturated rings. The van der Waals surface area contributed by atoms with Crippen molar-refractivity contribution >= 4 is 5.91 Å². The van der Waals surface area contributed by atoms with Gasteiger partial charge >= 0.3 is 0 Å². The SMILES string of the molecule is CC(Oc1cccc(F)c1)C(=O)NCCCN1CCNCC1.